The molecule has 0 spiro atoms. The Labute approximate surface area is 116 Å². The summed E-state index contributed by atoms with van der Waals surface area (Å²) in [6.07, 6.45) is 2.24. The van der Waals surface area contributed by atoms with Crippen LogP contribution < -0.4 is 4.90 Å². The fourth-order valence-electron chi connectivity index (χ4n) is 2.75. The van der Waals surface area contributed by atoms with E-state index in [1.807, 2.05) is 0 Å². The molecule has 100 valence electrons. The van der Waals surface area contributed by atoms with Gasteiger partial charge < -0.3 is 9.64 Å². The molecular weight excluding hydrogens is 242 g/mol. The van der Waals surface area contributed by atoms with E-state index >= 15 is 0 Å². The summed E-state index contributed by atoms with van der Waals surface area (Å²) >= 11 is 4.58. The van der Waals surface area contributed by atoms with Crippen LogP contribution in [0.3, 0.4) is 0 Å². The van der Waals surface area contributed by atoms with Crippen molar-refractivity contribution in [2.24, 2.45) is 5.41 Å². The molecule has 1 aliphatic heterocycles. The first-order chi connectivity index (χ1) is 8.67. The highest BCUT2D eigenvalue weighted by Gasteiger charge is 2.32. The number of nitrogens with zero attached hydrogens (tertiary/aromatic N) is 1. The van der Waals surface area contributed by atoms with Gasteiger partial charge in [-0.1, -0.05) is 18.2 Å². The molecule has 2 nitrogen and oxygen atoms in total. The van der Waals surface area contributed by atoms with E-state index in [0.717, 1.165) is 38.4 Å². The van der Waals surface area contributed by atoms with Gasteiger partial charge in [0.25, 0.3) is 0 Å². The zero-order chi connectivity index (χ0) is 13.0. The van der Waals surface area contributed by atoms with Gasteiger partial charge in [0.05, 0.1) is 0 Å². The summed E-state index contributed by atoms with van der Waals surface area (Å²) < 4.78 is 5.49. The van der Waals surface area contributed by atoms with Crippen LogP contribution in [0.25, 0.3) is 0 Å². The Bertz CT molecular complexity index is 388. The predicted molar refractivity (Wildman–Crippen MR) is 80.8 cm³/mol. The molecule has 1 aromatic rings. The van der Waals surface area contributed by atoms with E-state index in [0.29, 0.717) is 5.41 Å². The Hall–Kier alpha value is -0.670. The topological polar surface area (TPSA) is 12.5 Å². The van der Waals surface area contributed by atoms with Crippen molar-refractivity contribution < 1.29 is 4.74 Å². The van der Waals surface area contributed by atoms with Gasteiger partial charge in [0.15, 0.2) is 0 Å². The minimum absolute atomic E-state index is 0.304. The molecule has 0 N–H and O–H groups in total. The molecule has 1 aliphatic rings. The second kappa shape index (κ2) is 5.98. The average molecular weight is 265 g/mol. The summed E-state index contributed by atoms with van der Waals surface area (Å²) in [7, 11) is 2.18. The first kappa shape index (κ1) is 13.8. The molecule has 3 heteroatoms. The van der Waals surface area contributed by atoms with Gasteiger partial charge in [-0.05, 0) is 37.1 Å². The standard InChI is InChI=1S/C15H23NOS/c1-13-5-3-4-6-14(13)16(2)11-15(12-18)7-9-17-10-8-15/h3-6,18H,7-12H2,1-2H3. The smallest absolute Gasteiger partial charge is 0.0472 e. The fourth-order valence-corrected chi connectivity index (χ4v) is 3.17. The molecule has 0 saturated carbocycles. The van der Waals surface area contributed by atoms with Crippen LogP contribution in [0.15, 0.2) is 24.3 Å². The van der Waals surface area contributed by atoms with Crippen molar-refractivity contribution in [3.63, 3.8) is 0 Å². The molecule has 0 atom stereocenters. The number of aryl methyl sites for hydroxylation is 1. The largest absolute Gasteiger partial charge is 0.381 e. The van der Waals surface area contributed by atoms with Gasteiger partial charge in [-0.15, -0.1) is 0 Å². The van der Waals surface area contributed by atoms with Crippen LogP contribution in [-0.4, -0.2) is 32.6 Å². The molecule has 0 bridgehead atoms. The summed E-state index contributed by atoms with van der Waals surface area (Å²) in [6.45, 7) is 4.98. The van der Waals surface area contributed by atoms with Crippen molar-refractivity contribution in [3.05, 3.63) is 29.8 Å². The Kier molecular flexibility index (Phi) is 4.57. The van der Waals surface area contributed by atoms with E-state index < -0.39 is 0 Å². The maximum Gasteiger partial charge on any atom is 0.0472 e. The molecular formula is C15H23NOS. The number of thiol groups is 1. The van der Waals surface area contributed by atoms with E-state index in [1.54, 1.807) is 0 Å². The van der Waals surface area contributed by atoms with Crippen molar-refractivity contribution in [1.82, 2.24) is 0 Å². The van der Waals surface area contributed by atoms with Gasteiger partial charge in [0.2, 0.25) is 0 Å². The normalized spacial score (nSPS) is 18.6. The Morgan fingerprint density at radius 3 is 2.56 bits per heavy atom. The molecule has 18 heavy (non-hydrogen) atoms. The quantitative estimate of drug-likeness (QED) is 0.840. The first-order valence-electron chi connectivity index (χ1n) is 6.62. The maximum absolute atomic E-state index is 5.49. The van der Waals surface area contributed by atoms with E-state index in [4.69, 9.17) is 4.74 Å². The van der Waals surface area contributed by atoms with Gasteiger partial charge in [-0.2, -0.15) is 12.6 Å². The highest BCUT2D eigenvalue weighted by molar-refractivity contribution is 7.80. The van der Waals surface area contributed by atoms with Gasteiger partial charge in [0.1, 0.15) is 0 Å². The Morgan fingerprint density at radius 1 is 1.28 bits per heavy atom. The van der Waals surface area contributed by atoms with Crippen molar-refractivity contribution >= 4 is 18.3 Å². The number of para-hydroxylation sites is 1. The Balaban J connectivity index is 2.10. The minimum Gasteiger partial charge on any atom is -0.381 e. The average Bonchev–Trinajstić information content (AvgIpc) is 2.40. The van der Waals surface area contributed by atoms with Gasteiger partial charge in [0, 0.05) is 37.9 Å². The highest BCUT2D eigenvalue weighted by Crippen LogP contribution is 2.34. The van der Waals surface area contributed by atoms with Crippen molar-refractivity contribution in [3.8, 4) is 0 Å². The number of rotatable bonds is 4. The van der Waals surface area contributed by atoms with Crippen LogP contribution in [0.4, 0.5) is 5.69 Å². The highest BCUT2D eigenvalue weighted by atomic mass is 32.1. The lowest BCUT2D eigenvalue weighted by Gasteiger charge is -2.40. The molecule has 2 rings (SSSR count). The maximum atomic E-state index is 5.49. The van der Waals surface area contributed by atoms with E-state index in [1.165, 1.54) is 11.3 Å². The predicted octanol–water partition coefficient (Wildman–Crippen LogP) is 3.16. The number of benzene rings is 1. The van der Waals surface area contributed by atoms with Crippen LogP contribution in [0.2, 0.25) is 0 Å². The van der Waals surface area contributed by atoms with Crippen molar-refractivity contribution in [1.29, 1.82) is 0 Å². The lowest BCUT2D eigenvalue weighted by Crippen LogP contribution is -2.41. The summed E-state index contributed by atoms with van der Waals surface area (Å²) in [6, 6.07) is 8.57. The van der Waals surface area contributed by atoms with Gasteiger partial charge in [-0.3, -0.25) is 0 Å². The van der Waals surface area contributed by atoms with Crippen LogP contribution in [0.1, 0.15) is 18.4 Å². The second-order valence-corrected chi connectivity index (χ2v) is 5.73. The minimum atomic E-state index is 0.304. The summed E-state index contributed by atoms with van der Waals surface area (Å²) in [5.74, 6) is 0.937. The number of anilines is 1. The van der Waals surface area contributed by atoms with Gasteiger partial charge >= 0.3 is 0 Å². The molecule has 1 heterocycles. The van der Waals surface area contributed by atoms with Crippen molar-refractivity contribution in [2.75, 3.05) is 37.5 Å². The van der Waals surface area contributed by atoms with Crippen LogP contribution in [0, 0.1) is 12.3 Å². The molecule has 0 unspecified atom stereocenters. The third-order valence-electron chi connectivity index (χ3n) is 3.99. The summed E-state index contributed by atoms with van der Waals surface area (Å²) in [5, 5.41) is 0. The molecule has 0 aromatic heterocycles. The molecule has 0 radical (unpaired) electrons. The van der Waals surface area contributed by atoms with Crippen LogP contribution >= 0.6 is 12.6 Å². The van der Waals surface area contributed by atoms with E-state index in [9.17, 15) is 0 Å². The fraction of sp³-hybridized carbons (Fsp3) is 0.600. The third kappa shape index (κ3) is 3.01. The number of hydrogen-bond acceptors (Lipinski definition) is 3. The van der Waals surface area contributed by atoms with Gasteiger partial charge in [-0.25, -0.2) is 0 Å². The lowest BCUT2D eigenvalue weighted by molar-refractivity contribution is 0.0301. The van der Waals surface area contributed by atoms with E-state index in [2.05, 4.69) is 55.8 Å². The first-order valence-corrected chi connectivity index (χ1v) is 7.25. The molecule has 1 aromatic carbocycles. The van der Waals surface area contributed by atoms with Crippen molar-refractivity contribution in [2.45, 2.75) is 19.8 Å². The lowest BCUT2D eigenvalue weighted by atomic mass is 9.81. The molecule has 0 aliphatic carbocycles. The van der Waals surface area contributed by atoms with Crippen LogP contribution in [0.5, 0.6) is 0 Å². The molecule has 0 amide bonds. The SMILES string of the molecule is Cc1ccccc1N(C)CC1(CS)CCOCC1. The number of hydrogen-bond donors (Lipinski definition) is 1. The number of ether oxygens (including phenoxy) is 1. The van der Waals surface area contributed by atoms with Crippen LogP contribution in [-0.2, 0) is 4.74 Å². The monoisotopic (exact) mass is 265 g/mol. The third-order valence-corrected chi connectivity index (χ3v) is 4.66. The molecule has 1 fully saturated rings. The second-order valence-electron chi connectivity index (χ2n) is 5.41. The molecule has 1 saturated heterocycles. The zero-order valence-corrected chi connectivity index (χ0v) is 12.2. The Morgan fingerprint density at radius 2 is 1.94 bits per heavy atom. The summed E-state index contributed by atoms with van der Waals surface area (Å²) in [5.41, 5.74) is 2.96. The zero-order valence-electron chi connectivity index (χ0n) is 11.4. The van der Waals surface area contributed by atoms with E-state index in [-0.39, 0.29) is 0 Å². The summed E-state index contributed by atoms with van der Waals surface area (Å²) in [4.78, 5) is 2.37.